The van der Waals surface area contributed by atoms with Crippen LogP contribution in [0.25, 0.3) is 0 Å². The molecule has 1 saturated carbocycles. The van der Waals surface area contributed by atoms with Crippen LogP contribution in [0.1, 0.15) is 37.9 Å². The van der Waals surface area contributed by atoms with E-state index in [-0.39, 0.29) is 6.10 Å². The van der Waals surface area contributed by atoms with Gasteiger partial charge in [0, 0.05) is 38.1 Å². The van der Waals surface area contributed by atoms with Gasteiger partial charge in [0.05, 0.1) is 19.0 Å². The Labute approximate surface area is 143 Å². The summed E-state index contributed by atoms with van der Waals surface area (Å²) in [7, 11) is 0. The number of hydrogen-bond acceptors (Lipinski definition) is 4. The molecule has 0 radical (unpaired) electrons. The first-order valence-electron chi connectivity index (χ1n) is 9.12. The standard InChI is InChI=1S/C18H29N3O3/c22-16-5-3-15(4-6-16)21-18(20-12-14-8-11-23-13-14)19-9-7-17-2-1-10-24-17/h1-2,10,14-16,22H,3-9,11-13H2,(H2,19,20,21). The van der Waals surface area contributed by atoms with Gasteiger partial charge in [0.15, 0.2) is 5.96 Å². The minimum absolute atomic E-state index is 0.133. The van der Waals surface area contributed by atoms with Gasteiger partial charge in [0.1, 0.15) is 5.76 Å². The molecule has 1 saturated heterocycles. The Morgan fingerprint density at radius 3 is 2.83 bits per heavy atom. The molecule has 0 bridgehead atoms. The topological polar surface area (TPSA) is 79.0 Å². The van der Waals surface area contributed by atoms with Crippen molar-refractivity contribution in [2.24, 2.45) is 10.9 Å². The van der Waals surface area contributed by atoms with E-state index in [1.54, 1.807) is 6.26 Å². The van der Waals surface area contributed by atoms with Gasteiger partial charge in [0.2, 0.25) is 0 Å². The number of nitrogens with one attached hydrogen (secondary N) is 2. The number of aliphatic imine (C=N–C) groups is 1. The lowest BCUT2D eigenvalue weighted by molar-refractivity contribution is 0.120. The number of hydrogen-bond donors (Lipinski definition) is 3. The summed E-state index contributed by atoms with van der Waals surface area (Å²) in [6.07, 6.45) is 7.23. The number of guanidine groups is 1. The number of rotatable bonds is 6. The van der Waals surface area contributed by atoms with Crippen molar-refractivity contribution in [2.75, 3.05) is 26.3 Å². The molecule has 0 spiro atoms. The summed E-state index contributed by atoms with van der Waals surface area (Å²) in [5.74, 6) is 2.38. The molecule has 1 aliphatic heterocycles. The van der Waals surface area contributed by atoms with Crippen molar-refractivity contribution in [3.63, 3.8) is 0 Å². The quantitative estimate of drug-likeness (QED) is 0.545. The zero-order valence-corrected chi connectivity index (χ0v) is 14.2. The Bertz CT molecular complexity index is 490. The van der Waals surface area contributed by atoms with Crippen LogP contribution in [0, 0.1) is 5.92 Å². The van der Waals surface area contributed by atoms with E-state index in [1.807, 2.05) is 12.1 Å². The molecule has 1 atom stereocenters. The summed E-state index contributed by atoms with van der Waals surface area (Å²) >= 11 is 0. The van der Waals surface area contributed by atoms with E-state index in [0.29, 0.717) is 12.0 Å². The van der Waals surface area contributed by atoms with Gasteiger partial charge in [-0.3, -0.25) is 4.99 Å². The Morgan fingerprint density at radius 2 is 2.12 bits per heavy atom. The van der Waals surface area contributed by atoms with E-state index in [9.17, 15) is 5.11 Å². The molecule has 1 unspecified atom stereocenters. The summed E-state index contributed by atoms with van der Waals surface area (Å²) < 4.78 is 10.8. The molecule has 1 aromatic heterocycles. The lowest BCUT2D eigenvalue weighted by Crippen LogP contribution is -2.46. The summed E-state index contributed by atoms with van der Waals surface area (Å²) in [4.78, 5) is 4.76. The van der Waals surface area contributed by atoms with Crippen molar-refractivity contribution in [3.8, 4) is 0 Å². The summed E-state index contributed by atoms with van der Waals surface area (Å²) in [6.45, 7) is 3.26. The highest BCUT2D eigenvalue weighted by Gasteiger charge is 2.21. The monoisotopic (exact) mass is 335 g/mol. The van der Waals surface area contributed by atoms with Crippen molar-refractivity contribution in [1.82, 2.24) is 10.6 Å². The van der Waals surface area contributed by atoms with Crippen LogP contribution in [0.5, 0.6) is 0 Å². The fraction of sp³-hybridized carbons (Fsp3) is 0.722. The predicted molar refractivity (Wildman–Crippen MR) is 93.0 cm³/mol. The SMILES string of the molecule is OC1CCC(NC(=NCC2CCOC2)NCCc2ccco2)CC1. The molecule has 1 aromatic rings. The zero-order chi connectivity index (χ0) is 16.6. The molecule has 0 amide bonds. The van der Waals surface area contributed by atoms with E-state index in [1.165, 1.54) is 0 Å². The van der Waals surface area contributed by atoms with Gasteiger partial charge in [0.25, 0.3) is 0 Å². The normalized spacial score (nSPS) is 28.0. The molecule has 1 aliphatic carbocycles. The molecule has 6 heteroatoms. The fourth-order valence-corrected chi connectivity index (χ4v) is 3.27. The van der Waals surface area contributed by atoms with Crippen molar-refractivity contribution in [3.05, 3.63) is 24.2 Å². The van der Waals surface area contributed by atoms with Crippen LogP contribution >= 0.6 is 0 Å². The number of ether oxygens (including phenoxy) is 1. The molecular weight excluding hydrogens is 306 g/mol. The van der Waals surface area contributed by atoms with E-state index >= 15 is 0 Å². The highest BCUT2D eigenvalue weighted by molar-refractivity contribution is 5.80. The van der Waals surface area contributed by atoms with Crippen LogP contribution in [-0.2, 0) is 11.2 Å². The van der Waals surface area contributed by atoms with E-state index < -0.39 is 0 Å². The van der Waals surface area contributed by atoms with Crippen LogP contribution in [0.2, 0.25) is 0 Å². The minimum atomic E-state index is -0.133. The first-order valence-corrected chi connectivity index (χ1v) is 9.12. The second-order valence-corrected chi connectivity index (χ2v) is 6.82. The zero-order valence-electron chi connectivity index (χ0n) is 14.2. The molecule has 134 valence electrons. The Balaban J connectivity index is 1.49. The van der Waals surface area contributed by atoms with Crippen LogP contribution < -0.4 is 10.6 Å². The molecule has 3 rings (SSSR count). The van der Waals surface area contributed by atoms with Gasteiger partial charge in [-0.1, -0.05) is 0 Å². The van der Waals surface area contributed by atoms with Gasteiger partial charge in [-0.15, -0.1) is 0 Å². The van der Waals surface area contributed by atoms with Crippen molar-refractivity contribution >= 4 is 5.96 Å². The van der Waals surface area contributed by atoms with Crippen LogP contribution in [0.4, 0.5) is 0 Å². The molecule has 24 heavy (non-hydrogen) atoms. The third kappa shape index (κ3) is 5.53. The third-order valence-corrected chi connectivity index (χ3v) is 4.81. The van der Waals surface area contributed by atoms with Crippen molar-refractivity contribution < 1.29 is 14.3 Å². The van der Waals surface area contributed by atoms with Crippen LogP contribution in [0.15, 0.2) is 27.8 Å². The summed E-state index contributed by atoms with van der Waals surface area (Å²) in [5, 5.41) is 16.6. The minimum Gasteiger partial charge on any atom is -0.469 e. The van der Waals surface area contributed by atoms with Gasteiger partial charge in [-0.2, -0.15) is 0 Å². The van der Waals surface area contributed by atoms with E-state index in [0.717, 1.165) is 76.5 Å². The average molecular weight is 335 g/mol. The first kappa shape index (κ1) is 17.3. The molecule has 2 aliphatic rings. The second-order valence-electron chi connectivity index (χ2n) is 6.82. The fourth-order valence-electron chi connectivity index (χ4n) is 3.27. The van der Waals surface area contributed by atoms with Gasteiger partial charge in [-0.05, 0) is 44.2 Å². The van der Waals surface area contributed by atoms with E-state index in [2.05, 4.69) is 10.6 Å². The van der Waals surface area contributed by atoms with Crippen LogP contribution in [-0.4, -0.2) is 49.5 Å². The number of aliphatic hydroxyl groups is 1. The first-order chi connectivity index (χ1) is 11.8. The lowest BCUT2D eigenvalue weighted by atomic mass is 9.93. The number of nitrogens with zero attached hydrogens (tertiary/aromatic N) is 1. The molecule has 3 N–H and O–H groups in total. The van der Waals surface area contributed by atoms with Crippen molar-refractivity contribution in [1.29, 1.82) is 0 Å². The largest absolute Gasteiger partial charge is 0.469 e. The third-order valence-electron chi connectivity index (χ3n) is 4.81. The van der Waals surface area contributed by atoms with Gasteiger partial charge >= 0.3 is 0 Å². The summed E-state index contributed by atoms with van der Waals surface area (Å²) in [6, 6.07) is 4.29. The maximum absolute atomic E-state index is 9.66. The predicted octanol–water partition coefficient (Wildman–Crippen LogP) is 1.70. The molecule has 0 aromatic carbocycles. The molecule has 2 heterocycles. The van der Waals surface area contributed by atoms with Gasteiger partial charge < -0.3 is 24.9 Å². The summed E-state index contributed by atoms with van der Waals surface area (Å²) in [5.41, 5.74) is 0. The Kier molecular flexibility index (Phi) is 6.55. The smallest absolute Gasteiger partial charge is 0.191 e. The average Bonchev–Trinajstić information content (AvgIpc) is 3.28. The molecule has 2 fully saturated rings. The number of aliphatic hydroxyl groups excluding tert-OH is 1. The maximum atomic E-state index is 9.66. The molecular formula is C18H29N3O3. The molecule has 6 nitrogen and oxygen atoms in total. The van der Waals surface area contributed by atoms with Crippen LogP contribution in [0.3, 0.4) is 0 Å². The maximum Gasteiger partial charge on any atom is 0.191 e. The second kappa shape index (κ2) is 9.08. The highest BCUT2D eigenvalue weighted by Crippen LogP contribution is 2.18. The number of furan rings is 1. The highest BCUT2D eigenvalue weighted by atomic mass is 16.5. The lowest BCUT2D eigenvalue weighted by Gasteiger charge is -2.28. The van der Waals surface area contributed by atoms with Crippen molar-refractivity contribution in [2.45, 2.75) is 50.7 Å². The van der Waals surface area contributed by atoms with E-state index in [4.69, 9.17) is 14.1 Å². The Morgan fingerprint density at radius 1 is 1.25 bits per heavy atom. The Hall–Kier alpha value is -1.53. The van der Waals surface area contributed by atoms with Gasteiger partial charge in [-0.25, -0.2) is 0 Å².